The van der Waals surface area contributed by atoms with E-state index >= 15 is 0 Å². The lowest BCUT2D eigenvalue weighted by Crippen LogP contribution is -1.84. The van der Waals surface area contributed by atoms with Crippen LogP contribution in [0.5, 0.6) is 11.5 Å². The van der Waals surface area contributed by atoms with Crippen LogP contribution in [0.15, 0.2) is 54.6 Å². The maximum absolute atomic E-state index is 6.10. The van der Waals surface area contributed by atoms with E-state index < -0.39 is 0 Å². The van der Waals surface area contributed by atoms with Crippen LogP contribution in [0.1, 0.15) is 5.82 Å². The molecular formula is C16H13ClN2O. The quantitative estimate of drug-likeness (QED) is 0.748. The number of aromatic nitrogens is 2. The monoisotopic (exact) mass is 284 g/mol. The van der Waals surface area contributed by atoms with Crippen molar-refractivity contribution in [2.45, 2.75) is 6.92 Å². The van der Waals surface area contributed by atoms with Gasteiger partial charge >= 0.3 is 0 Å². The summed E-state index contributed by atoms with van der Waals surface area (Å²) in [6.07, 6.45) is 0. The number of rotatable bonds is 3. The van der Waals surface area contributed by atoms with Crippen molar-refractivity contribution in [2.75, 3.05) is 0 Å². The van der Waals surface area contributed by atoms with E-state index in [0.29, 0.717) is 5.15 Å². The Morgan fingerprint density at radius 2 is 1.60 bits per heavy atom. The smallest absolute Gasteiger partial charge is 0.134 e. The number of hydrogen-bond acceptors (Lipinski definition) is 2. The third kappa shape index (κ3) is 2.68. The summed E-state index contributed by atoms with van der Waals surface area (Å²) in [5, 5.41) is 0.555. The van der Waals surface area contributed by atoms with Crippen LogP contribution in [0.25, 0.3) is 11.3 Å². The predicted octanol–water partition coefficient (Wildman–Crippen LogP) is 4.83. The molecule has 1 aromatic heterocycles. The topological polar surface area (TPSA) is 37.9 Å². The number of aromatic amines is 1. The zero-order chi connectivity index (χ0) is 13.9. The zero-order valence-corrected chi connectivity index (χ0v) is 11.7. The molecule has 0 fully saturated rings. The molecule has 0 radical (unpaired) electrons. The minimum atomic E-state index is 0.555. The van der Waals surface area contributed by atoms with Crippen molar-refractivity contribution < 1.29 is 4.74 Å². The zero-order valence-electron chi connectivity index (χ0n) is 10.9. The normalized spacial score (nSPS) is 10.5. The molecule has 3 rings (SSSR count). The number of para-hydroxylation sites is 1. The summed E-state index contributed by atoms with van der Waals surface area (Å²) in [5.41, 5.74) is 1.72. The number of halogens is 1. The summed E-state index contributed by atoms with van der Waals surface area (Å²) in [6.45, 7) is 1.88. The van der Waals surface area contributed by atoms with E-state index in [1.165, 1.54) is 0 Å². The second-order valence-electron chi connectivity index (χ2n) is 4.42. The third-order valence-electron chi connectivity index (χ3n) is 2.88. The molecule has 4 heteroatoms. The van der Waals surface area contributed by atoms with Crippen molar-refractivity contribution in [1.29, 1.82) is 0 Å². The molecule has 0 aliphatic carbocycles. The number of hydrogen-bond donors (Lipinski definition) is 1. The van der Waals surface area contributed by atoms with E-state index in [1.807, 2.05) is 61.5 Å². The van der Waals surface area contributed by atoms with Crippen molar-refractivity contribution >= 4 is 11.6 Å². The van der Waals surface area contributed by atoms with Crippen molar-refractivity contribution in [3.05, 3.63) is 65.6 Å². The maximum Gasteiger partial charge on any atom is 0.134 e. The molecule has 0 unspecified atom stereocenters. The lowest BCUT2D eigenvalue weighted by molar-refractivity contribution is 0.483. The number of ether oxygens (including phenoxy) is 1. The Morgan fingerprint density at radius 1 is 0.950 bits per heavy atom. The Bertz CT molecular complexity index is 705. The molecule has 0 atom stereocenters. The molecule has 1 heterocycles. The van der Waals surface area contributed by atoms with Crippen LogP contribution in [0.2, 0.25) is 5.15 Å². The fraction of sp³-hybridized carbons (Fsp3) is 0.0625. The standard InChI is InChI=1S/C16H13ClN2O/c1-11-18-15(16(17)19-11)12-7-9-14(10-8-12)20-13-5-3-2-4-6-13/h2-10H,1H3,(H,18,19). The fourth-order valence-electron chi connectivity index (χ4n) is 1.96. The first-order valence-corrected chi connectivity index (χ1v) is 6.65. The van der Waals surface area contributed by atoms with Gasteiger partial charge in [-0.15, -0.1) is 0 Å². The molecule has 20 heavy (non-hydrogen) atoms. The van der Waals surface area contributed by atoms with Gasteiger partial charge in [0.25, 0.3) is 0 Å². The van der Waals surface area contributed by atoms with Gasteiger partial charge < -0.3 is 9.72 Å². The van der Waals surface area contributed by atoms with E-state index in [9.17, 15) is 0 Å². The Morgan fingerprint density at radius 3 is 2.20 bits per heavy atom. The van der Waals surface area contributed by atoms with Gasteiger partial charge in [-0.3, -0.25) is 0 Å². The van der Waals surface area contributed by atoms with E-state index in [1.54, 1.807) is 0 Å². The highest BCUT2D eigenvalue weighted by molar-refractivity contribution is 6.31. The summed E-state index contributed by atoms with van der Waals surface area (Å²) in [5.74, 6) is 2.40. The molecule has 0 saturated carbocycles. The van der Waals surface area contributed by atoms with E-state index in [0.717, 1.165) is 28.6 Å². The van der Waals surface area contributed by atoms with Gasteiger partial charge in [0.05, 0.1) is 0 Å². The van der Waals surface area contributed by atoms with Gasteiger partial charge in [-0.25, -0.2) is 4.98 Å². The van der Waals surface area contributed by atoms with Crippen LogP contribution in [0, 0.1) is 6.92 Å². The van der Waals surface area contributed by atoms with E-state index in [4.69, 9.17) is 16.3 Å². The number of nitrogens with one attached hydrogen (secondary N) is 1. The molecule has 3 nitrogen and oxygen atoms in total. The molecule has 0 bridgehead atoms. The first-order chi connectivity index (χ1) is 9.72. The van der Waals surface area contributed by atoms with Crippen LogP contribution in [-0.2, 0) is 0 Å². The fourth-order valence-corrected chi connectivity index (χ4v) is 2.25. The van der Waals surface area contributed by atoms with E-state index in [2.05, 4.69) is 9.97 Å². The third-order valence-corrected chi connectivity index (χ3v) is 3.16. The van der Waals surface area contributed by atoms with Crippen molar-refractivity contribution in [1.82, 2.24) is 9.97 Å². The second-order valence-corrected chi connectivity index (χ2v) is 4.80. The SMILES string of the molecule is Cc1nc(-c2ccc(Oc3ccccc3)cc2)c(Cl)[nH]1. The number of benzene rings is 2. The molecule has 2 aromatic carbocycles. The molecule has 0 spiro atoms. The molecular weight excluding hydrogens is 272 g/mol. The van der Waals surface area contributed by atoms with Gasteiger partial charge in [0, 0.05) is 5.56 Å². The van der Waals surface area contributed by atoms with Gasteiger partial charge in [-0.1, -0.05) is 29.8 Å². The largest absolute Gasteiger partial charge is 0.457 e. The van der Waals surface area contributed by atoms with Gasteiger partial charge in [0.2, 0.25) is 0 Å². The molecule has 1 N–H and O–H groups in total. The summed E-state index contributed by atoms with van der Waals surface area (Å²) in [4.78, 5) is 7.35. The molecule has 0 amide bonds. The van der Waals surface area contributed by atoms with Crippen LogP contribution in [-0.4, -0.2) is 9.97 Å². The molecule has 0 saturated heterocycles. The summed E-state index contributed by atoms with van der Waals surface area (Å²) in [7, 11) is 0. The highest BCUT2D eigenvalue weighted by Crippen LogP contribution is 2.28. The van der Waals surface area contributed by atoms with Gasteiger partial charge in [-0.05, 0) is 43.3 Å². The van der Waals surface area contributed by atoms with Gasteiger partial charge in [-0.2, -0.15) is 0 Å². The minimum absolute atomic E-state index is 0.555. The number of aryl methyl sites for hydroxylation is 1. The van der Waals surface area contributed by atoms with Crippen LogP contribution < -0.4 is 4.74 Å². The average Bonchev–Trinajstić information content (AvgIpc) is 2.80. The van der Waals surface area contributed by atoms with Gasteiger partial charge in [0.1, 0.15) is 28.2 Å². The summed E-state index contributed by atoms with van der Waals surface area (Å²) in [6, 6.07) is 17.4. The first kappa shape index (κ1) is 12.8. The molecule has 0 aliphatic rings. The predicted molar refractivity (Wildman–Crippen MR) is 80.3 cm³/mol. The number of imidazole rings is 1. The number of H-pyrrole nitrogens is 1. The van der Waals surface area contributed by atoms with Gasteiger partial charge in [0.15, 0.2) is 0 Å². The Balaban J connectivity index is 1.83. The van der Waals surface area contributed by atoms with Crippen LogP contribution >= 0.6 is 11.6 Å². The van der Waals surface area contributed by atoms with Crippen LogP contribution in [0.4, 0.5) is 0 Å². The highest BCUT2D eigenvalue weighted by Gasteiger charge is 2.08. The van der Waals surface area contributed by atoms with Crippen molar-refractivity contribution in [3.8, 4) is 22.8 Å². The molecule has 0 aliphatic heterocycles. The number of nitrogens with zero attached hydrogens (tertiary/aromatic N) is 1. The highest BCUT2D eigenvalue weighted by atomic mass is 35.5. The lowest BCUT2D eigenvalue weighted by Gasteiger charge is -2.06. The minimum Gasteiger partial charge on any atom is -0.457 e. The summed E-state index contributed by atoms with van der Waals surface area (Å²) >= 11 is 6.10. The maximum atomic E-state index is 6.10. The molecule has 100 valence electrons. The Labute approximate surface area is 122 Å². The van der Waals surface area contributed by atoms with Crippen molar-refractivity contribution in [3.63, 3.8) is 0 Å². The average molecular weight is 285 g/mol. The second kappa shape index (κ2) is 5.39. The Hall–Kier alpha value is -2.26. The van der Waals surface area contributed by atoms with Crippen LogP contribution in [0.3, 0.4) is 0 Å². The van der Waals surface area contributed by atoms with Crippen molar-refractivity contribution in [2.24, 2.45) is 0 Å². The first-order valence-electron chi connectivity index (χ1n) is 6.28. The summed E-state index contributed by atoms with van der Waals surface area (Å²) < 4.78 is 5.74. The van der Waals surface area contributed by atoms with E-state index in [-0.39, 0.29) is 0 Å². The lowest BCUT2D eigenvalue weighted by atomic mass is 10.1. The molecule has 3 aromatic rings. The Kier molecular flexibility index (Phi) is 3.44.